The first-order chi connectivity index (χ1) is 11.3. The fourth-order valence-corrected chi connectivity index (χ4v) is 4.00. The number of rotatable bonds is 2. The van der Waals surface area contributed by atoms with Crippen molar-refractivity contribution in [3.05, 3.63) is 72.3 Å². The molecule has 110 valence electrons. The number of benzene rings is 2. The molecule has 1 heterocycles. The minimum Gasteiger partial charge on any atom is -0.465 e. The topological polar surface area (TPSA) is 26.3 Å². The number of hydrogen-bond donors (Lipinski definition) is 0. The summed E-state index contributed by atoms with van der Waals surface area (Å²) in [6.45, 7) is 0. The summed E-state index contributed by atoms with van der Waals surface area (Å²) in [6, 6.07) is 24.0. The van der Waals surface area contributed by atoms with Gasteiger partial charge in [0, 0.05) is 15.6 Å². The largest absolute Gasteiger partial charge is 0.465 e. The van der Waals surface area contributed by atoms with Crippen LogP contribution in [-0.2, 0) is 4.74 Å². The molecule has 4 rings (SSSR count). The van der Waals surface area contributed by atoms with Gasteiger partial charge in [-0.3, -0.25) is 0 Å². The van der Waals surface area contributed by atoms with Crippen LogP contribution in [0.15, 0.2) is 54.6 Å². The lowest BCUT2D eigenvalue weighted by Crippen LogP contribution is -2.03. The monoisotopic (exact) mass is 316 g/mol. The third-order valence-corrected chi connectivity index (χ3v) is 5.08. The van der Waals surface area contributed by atoms with Gasteiger partial charge in [-0.1, -0.05) is 48.5 Å². The molecule has 0 aliphatic heterocycles. The molecule has 4 aromatic rings. The molecule has 0 radical (unpaired) electrons. The van der Waals surface area contributed by atoms with Crippen LogP contribution in [0.5, 0.6) is 0 Å². The van der Waals surface area contributed by atoms with Crippen LogP contribution < -0.4 is 0 Å². The van der Waals surface area contributed by atoms with Gasteiger partial charge in [-0.2, -0.15) is 0 Å². The summed E-state index contributed by atoms with van der Waals surface area (Å²) < 4.78 is 7.23. The van der Waals surface area contributed by atoms with Gasteiger partial charge in [0.1, 0.15) is 0 Å². The van der Waals surface area contributed by atoms with Gasteiger partial charge >= 0.3 is 5.97 Å². The van der Waals surface area contributed by atoms with E-state index in [9.17, 15) is 4.79 Å². The second kappa shape index (κ2) is 5.42. The van der Waals surface area contributed by atoms with E-state index >= 15 is 0 Å². The van der Waals surface area contributed by atoms with Gasteiger partial charge in [-0.25, -0.2) is 4.79 Å². The molecule has 0 spiro atoms. The zero-order chi connectivity index (χ0) is 15.8. The van der Waals surface area contributed by atoms with Crippen LogP contribution in [-0.4, -0.2) is 13.1 Å². The average molecular weight is 316 g/mol. The number of carbonyl (C=O) groups excluding carboxylic acids is 1. The summed E-state index contributed by atoms with van der Waals surface area (Å²) in [5.74, 6) is -0.331. The Labute approximate surface area is 137 Å². The number of ether oxygens (including phenoxy) is 1. The molecule has 23 heavy (non-hydrogen) atoms. The fourth-order valence-electron chi connectivity index (χ4n) is 2.81. The normalized spacial score (nSPS) is 10.7. The summed E-state index contributed by atoms with van der Waals surface area (Å²) in [7, 11) is 1.40. The van der Waals surface area contributed by atoms with Gasteiger partial charge in [0.15, 0.2) is 0 Å². The SMILES string of the molecule is COC(=O)c1ccccc1-c1cc#cc2c1sc1ccccc12. The van der Waals surface area contributed by atoms with Crippen molar-refractivity contribution < 1.29 is 9.53 Å². The third kappa shape index (κ3) is 2.16. The van der Waals surface area contributed by atoms with Crippen molar-refractivity contribution in [2.24, 2.45) is 0 Å². The second-order valence-corrected chi connectivity index (χ2v) is 6.22. The molecule has 0 saturated heterocycles. The van der Waals surface area contributed by atoms with Gasteiger partial charge in [-0.15, -0.1) is 11.3 Å². The molecule has 2 nitrogen and oxygen atoms in total. The summed E-state index contributed by atoms with van der Waals surface area (Å²) in [4.78, 5) is 12.1. The van der Waals surface area contributed by atoms with E-state index in [1.807, 2.05) is 36.4 Å². The molecule has 0 aliphatic carbocycles. The van der Waals surface area contributed by atoms with Crippen LogP contribution >= 0.6 is 11.3 Å². The van der Waals surface area contributed by atoms with Crippen LogP contribution in [0.25, 0.3) is 31.3 Å². The zero-order valence-electron chi connectivity index (χ0n) is 12.4. The van der Waals surface area contributed by atoms with Gasteiger partial charge in [0.05, 0.1) is 22.8 Å². The quantitative estimate of drug-likeness (QED) is 0.480. The van der Waals surface area contributed by atoms with E-state index in [0.717, 1.165) is 21.2 Å². The second-order valence-electron chi connectivity index (χ2n) is 5.17. The van der Waals surface area contributed by atoms with E-state index in [-0.39, 0.29) is 5.97 Å². The molecular weight excluding hydrogens is 304 g/mol. The highest BCUT2D eigenvalue weighted by atomic mass is 32.1. The molecular formula is C20H12O2S. The van der Waals surface area contributed by atoms with Crippen molar-refractivity contribution in [3.63, 3.8) is 0 Å². The molecule has 0 bridgehead atoms. The number of esters is 1. The standard InChI is InChI=1S/C20H12O2S/c1-22-20(21)17-9-3-2-7-13(17)15-10-6-11-16-14-8-4-5-12-18(14)23-19(15)16/h2-5,7-10,12H,1H3. The summed E-state index contributed by atoms with van der Waals surface area (Å²) in [5.41, 5.74) is 2.41. The maximum absolute atomic E-state index is 12.1. The van der Waals surface area contributed by atoms with Crippen molar-refractivity contribution in [1.29, 1.82) is 0 Å². The molecule has 3 heteroatoms. The highest BCUT2D eigenvalue weighted by molar-refractivity contribution is 7.26. The van der Waals surface area contributed by atoms with Crippen molar-refractivity contribution in [2.45, 2.75) is 0 Å². The van der Waals surface area contributed by atoms with E-state index in [1.165, 1.54) is 17.2 Å². The van der Waals surface area contributed by atoms with Crippen LogP contribution in [0.3, 0.4) is 0 Å². The molecule has 0 N–H and O–H groups in total. The van der Waals surface area contributed by atoms with E-state index in [1.54, 1.807) is 17.4 Å². The Morgan fingerprint density at radius 2 is 1.83 bits per heavy atom. The first-order valence-corrected chi connectivity index (χ1v) is 8.02. The van der Waals surface area contributed by atoms with Crippen molar-refractivity contribution in [3.8, 4) is 11.1 Å². The lowest BCUT2D eigenvalue weighted by molar-refractivity contribution is 0.0601. The lowest BCUT2D eigenvalue weighted by Gasteiger charge is -2.07. The Kier molecular flexibility index (Phi) is 3.25. The Morgan fingerprint density at radius 3 is 2.70 bits per heavy atom. The molecule has 0 fully saturated rings. The van der Waals surface area contributed by atoms with Crippen molar-refractivity contribution >= 4 is 37.5 Å². The first-order valence-electron chi connectivity index (χ1n) is 7.21. The maximum atomic E-state index is 12.1. The van der Waals surface area contributed by atoms with E-state index in [4.69, 9.17) is 4.74 Å². The van der Waals surface area contributed by atoms with Crippen LogP contribution in [0.1, 0.15) is 10.4 Å². The number of hydrogen-bond acceptors (Lipinski definition) is 3. The maximum Gasteiger partial charge on any atom is 0.338 e. The molecule has 0 saturated carbocycles. The fraction of sp³-hybridized carbons (Fsp3) is 0.0500. The number of fused-ring (bicyclic) bond motifs is 3. The van der Waals surface area contributed by atoms with Gasteiger partial charge in [-0.05, 0) is 23.8 Å². The number of thiophene rings is 1. The van der Waals surface area contributed by atoms with Crippen molar-refractivity contribution in [1.82, 2.24) is 0 Å². The molecule has 1 aromatic heterocycles. The molecule has 3 aromatic carbocycles. The predicted molar refractivity (Wildman–Crippen MR) is 93.8 cm³/mol. The minimum absolute atomic E-state index is 0.331. The number of carbonyl (C=O) groups is 1. The van der Waals surface area contributed by atoms with Crippen LogP contribution in [0, 0.1) is 12.1 Å². The Balaban J connectivity index is 2.06. The van der Waals surface area contributed by atoms with Gasteiger partial charge in [0.2, 0.25) is 0 Å². The van der Waals surface area contributed by atoms with Gasteiger partial charge < -0.3 is 4.74 Å². The van der Waals surface area contributed by atoms with E-state index in [0.29, 0.717) is 5.56 Å². The zero-order valence-corrected chi connectivity index (χ0v) is 13.2. The van der Waals surface area contributed by atoms with E-state index in [2.05, 4.69) is 24.3 Å². The molecule has 0 atom stereocenters. The first kappa shape index (κ1) is 13.8. The van der Waals surface area contributed by atoms with Crippen molar-refractivity contribution in [2.75, 3.05) is 7.11 Å². The van der Waals surface area contributed by atoms with E-state index < -0.39 is 0 Å². The highest BCUT2D eigenvalue weighted by Gasteiger charge is 2.16. The van der Waals surface area contributed by atoms with Crippen LogP contribution in [0.2, 0.25) is 0 Å². The summed E-state index contributed by atoms with van der Waals surface area (Å²) >= 11 is 1.71. The smallest absolute Gasteiger partial charge is 0.338 e. The average Bonchev–Trinajstić information content (AvgIpc) is 3.00. The molecule has 0 aliphatic rings. The summed E-state index contributed by atoms with van der Waals surface area (Å²) in [6.07, 6.45) is 0. The van der Waals surface area contributed by atoms with Crippen LogP contribution in [0.4, 0.5) is 0 Å². The summed E-state index contributed by atoms with van der Waals surface area (Å²) in [5, 5.41) is 2.21. The Hall–Kier alpha value is -2.83. The number of methoxy groups -OCH3 is 1. The highest BCUT2D eigenvalue weighted by Crippen LogP contribution is 2.39. The third-order valence-electron chi connectivity index (χ3n) is 3.88. The minimum atomic E-state index is -0.331. The Morgan fingerprint density at radius 1 is 1.04 bits per heavy atom. The van der Waals surface area contributed by atoms with Gasteiger partial charge in [0.25, 0.3) is 0 Å². The Bertz CT molecular complexity index is 1030. The molecule has 0 unspecified atom stereocenters. The molecule has 0 amide bonds. The predicted octanol–water partition coefficient (Wildman–Crippen LogP) is 5.11. The lowest BCUT2D eigenvalue weighted by atomic mass is 9.99.